The van der Waals surface area contributed by atoms with Crippen LogP contribution in [0.5, 0.6) is 0 Å². The zero-order chi connectivity index (χ0) is 22.2. The van der Waals surface area contributed by atoms with Crippen LogP contribution in [0, 0.1) is 6.92 Å². The lowest BCUT2D eigenvalue weighted by molar-refractivity contribution is 0.200. The van der Waals surface area contributed by atoms with Gasteiger partial charge in [-0.25, -0.2) is 9.97 Å². The van der Waals surface area contributed by atoms with Crippen molar-refractivity contribution in [3.05, 3.63) is 71.4 Å². The molecule has 31 heavy (non-hydrogen) atoms. The van der Waals surface area contributed by atoms with Crippen LogP contribution >= 0.6 is 11.6 Å². The highest BCUT2D eigenvalue weighted by Crippen LogP contribution is 2.31. The molecule has 0 spiro atoms. The molecule has 3 aromatic heterocycles. The number of halogens is 1. The molecule has 0 saturated heterocycles. The summed E-state index contributed by atoms with van der Waals surface area (Å²) >= 11 is 6.40. The van der Waals surface area contributed by atoms with Crippen molar-refractivity contribution >= 4 is 44.0 Å². The summed E-state index contributed by atoms with van der Waals surface area (Å²) in [4.78, 5) is 11.7. The monoisotopic (exact) mass is 458 g/mol. The fourth-order valence-corrected chi connectivity index (χ4v) is 4.30. The molecule has 1 unspecified atom stereocenters. The molecular weight excluding hydrogens is 440 g/mol. The van der Waals surface area contributed by atoms with Crippen molar-refractivity contribution in [3.63, 3.8) is 0 Å². The number of hydrogen-bond acceptors (Lipinski definition) is 7. The van der Waals surface area contributed by atoms with Crippen molar-refractivity contribution < 1.29 is 13.5 Å². The minimum atomic E-state index is -3.92. The highest BCUT2D eigenvalue weighted by Gasteiger charge is 2.19. The van der Waals surface area contributed by atoms with Gasteiger partial charge >= 0.3 is 0 Å². The molecular formula is C20H19ClN6O3S. The molecule has 160 valence electrons. The van der Waals surface area contributed by atoms with Crippen LogP contribution in [0.1, 0.15) is 17.5 Å². The Hall–Kier alpha value is -3.21. The van der Waals surface area contributed by atoms with Crippen LogP contribution < -0.4 is 10.0 Å². The van der Waals surface area contributed by atoms with Gasteiger partial charge in [0.15, 0.2) is 17.1 Å². The maximum atomic E-state index is 12.4. The van der Waals surface area contributed by atoms with Gasteiger partial charge in [0.1, 0.15) is 0 Å². The highest BCUT2D eigenvalue weighted by atomic mass is 35.5. The fourth-order valence-electron chi connectivity index (χ4n) is 3.17. The van der Waals surface area contributed by atoms with Crippen LogP contribution in [0.25, 0.3) is 10.9 Å². The molecule has 0 saturated carbocycles. The minimum Gasteiger partial charge on any atom is -0.368 e. The molecule has 1 atom stereocenters. The molecule has 0 radical (unpaired) electrons. The zero-order valence-corrected chi connectivity index (χ0v) is 18.2. The molecule has 0 amide bonds. The zero-order valence-electron chi connectivity index (χ0n) is 16.6. The summed E-state index contributed by atoms with van der Waals surface area (Å²) in [5.74, 6) is 0.0894. The summed E-state index contributed by atoms with van der Waals surface area (Å²) in [5, 5.41) is 14.9. The number of hydrogen-bond donors (Lipinski definition) is 3. The van der Waals surface area contributed by atoms with E-state index in [1.807, 2.05) is 36.7 Å². The number of pyridine rings is 1. The average Bonchev–Trinajstić information content (AvgIpc) is 3.09. The lowest BCUT2D eigenvalue weighted by Gasteiger charge is -2.15. The van der Waals surface area contributed by atoms with E-state index in [4.69, 9.17) is 11.6 Å². The molecule has 3 heterocycles. The summed E-state index contributed by atoms with van der Waals surface area (Å²) in [6.45, 7) is 1.92. The van der Waals surface area contributed by atoms with Crippen LogP contribution in [-0.2, 0) is 17.1 Å². The number of aromatic nitrogens is 4. The van der Waals surface area contributed by atoms with Gasteiger partial charge in [-0.3, -0.25) is 9.71 Å². The maximum Gasteiger partial charge on any atom is 0.280 e. The maximum absolute atomic E-state index is 12.4. The van der Waals surface area contributed by atoms with Crippen molar-refractivity contribution in [2.45, 2.75) is 18.2 Å². The third-order valence-corrected chi connectivity index (χ3v) is 6.56. The molecule has 0 fully saturated rings. The van der Waals surface area contributed by atoms with E-state index in [2.05, 4.69) is 25.0 Å². The van der Waals surface area contributed by atoms with Gasteiger partial charge in [0.2, 0.25) is 0 Å². The predicted octanol–water partition coefficient (Wildman–Crippen LogP) is 3.23. The topological polar surface area (TPSA) is 122 Å². The summed E-state index contributed by atoms with van der Waals surface area (Å²) in [6.07, 6.45) is 4.37. The van der Waals surface area contributed by atoms with Gasteiger partial charge in [-0.05, 0) is 36.8 Å². The van der Waals surface area contributed by atoms with Crippen molar-refractivity contribution in [3.8, 4) is 0 Å². The van der Waals surface area contributed by atoms with Gasteiger partial charge in [-0.1, -0.05) is 17.7 Å². The number of benzene rings is 1. The van der Waals surface area contributed by atoms with E-state index in [0.29, 0.717) is 16.4 Å². The van der Waals surface area contributed by atoms with Gasteiger partial charge in [0.25, 0.3) is 10.0 Å². The quantitative estimate of drug-likeness (QED) is 0.379. The van der Waals surface area contributed by atoms with Crippen LogP contribution in [0.15, 0.2) is 60.1 Å². The van der Waals surface area contributed by atoms with Crippen LogP contribution in [-0.4, -0.2) is 33.0 Å². The Morgan fingerprint density at radius 2 is 1.94 bits per heavy atom. The first kappa shape index (κ1) is 21.0. The number of sulfonamides is 1. The molecule has 0 aliphatic heterocycles. The summed E-state index contributed by atoms with van der Waals surface area (Å²) in [6, 6.07) is 8.53. The Balaban J connectivity index is 1.53. The smallest absolute Gasteiger partial charge is 0.280 e. The third kappa shape index (κ3) is 4.18. The normalized spacial score (nSPS) is 12.6. The number of rotatable bonds is 6. The fraction of sp³-hybridized carbons (Fsp3) is 0.150. The van der Waals surface area contributed by atoms with E-state index >= 15 is 0 Å². The molecule has 4 aromatic rings. The second kappa shape index (κ2) is 8.14. The van der Waals surface area contributed by atoms with Crippen LogP contribution in [0.4, 0.5) is 11.5 Å². The van der Waals surface area contributed by atoms with Crippen molar-refractivity contribution in [2.75, 3.05) is 10.0 Å². The van der Waals surface area contributed by atoms with Gasteiger partial charge in [-0.2, -0.15) is 8.42 Å². The van der Waals surface area contributed by atoms with Crippen LogP contribution in [0.3, 0.4) is 0 Å². The van der Waals surface area contributed by atoms with Crippen molar-refractivity contribution in [2.24, 2.45) is 7.05 Å². The lowest BCUT2D eigenvalue weighted by atomic mass is 10.2. The second-order valence-corrected chi connectivity index (χ2v) is 8.89. The van der Waals surface area contributed by atoms with Crippen molar-refractivity contribution in [1.29, 1.82) is 0 Å². The number of aryl methyl sites for hydroxylation is 2. The molecule has 11 heteroatoms. The number of nitrogens with one attached hydrogen (secondary N) is 2. The van der Waals surface area contributed by atoms with E-state index in [1.54, 1.807) is 0 Å². The van der Waals surface area contributed by atoms with E-state index in [1.165, 1.54) is 36.9 Å². The first-order valence-electron chi connectivity index (χ1n) is 9.20. The second-order valence-electron chi connectivity index (χ2n) is 6.89. The molecule has 9 nitrogen and oxygen atoms in total. The lowest BCUT2D eigenvalue weighted by Crippen LogP contribution is -2.16. The average molecular weight is 459 g/mol. The van der Waals surface area contributed by atoms with E-state index < -0.39 is 16.3 Å². The predicted molar refractivity (Wildman–Crippen MR) is 118 cm³/mol. The van der Waals surface area contributed by atoms with E-state index in [0.717, 1.165) is 16.5 Å². The summed E-state index contributed by atoms with van der Waals surface area (Å²) in [5.41, 5.74) is 2.88. The molecule has 3 N–H and O–H groups in total. The molecule has 1 aromatic carbocycles. The minimum absolute atomic E-state index is 0.0894. The molecule has 0 bridgehead atoms. The van der Waals surface area contributed by atoms with Gasteiger partial charge in [-0.15, -0.1) is 0 Å². The number of nitrogens with zero attached hydrogens (tertiary/aromatic N) is 4. The Bertz CT molecular complexity index is 1340. The Labute approximate surface area is 183 Å². The largest absolute Gasteiger partial charge is 0.368 e. The number of aliphatic hydroxyl groups is 1. The standard InChI is InChI=1S/C20H19ClN6O3S/c1-12-3-5-15-14(19(12)21)9-16(27(15)2)20(28)25-13-4-6-18(24-10-13)31(29,30)26-17-11-22-7-8-23-17/h3-11,20,25,28H,1-2H3,(H,23,26). The SMILES string of the molecule is Cc1ccc2c(cc(C(O)Nc3ccc(S(=O)(=O)Nc4cnccn4)nc3)n2C)c1Cl. The number of aliphatic hydroxyl groups excluding tert-OH is 1. The summed E-state index contributed by atoms with van der Waals surface area (Å²) < 4.78 is 29.0. The Kier molecular flexibility index (Phi) is 5.52. The van der Waals surface area contributed by atoms with Gasteiger partial charge in [0.05, 0.1) is 28.8 Å². The third-order valence-electron chi connectivity index (χ3n) is 4.79. The highest BCUT2D eigenvalue weighted by molar-refractivity contribution is 7.92. The molecule has 0 aliphatic rings. The van der Waals surface area contributed by atoms with E-state index in [-0.39, 0.29) is 10.8 Å². The Morgan fingerprint density at radius 3 is 2.61 bits per heavy atom. The Morgan fingerprint density at radius 1 is 1.13 bits per heavy atom. The first-order chi connectivity index (χ1) is 14.8. The van der Waals surface area contributed by atoms with Crippen molar-refractivity contribution in [1.82, 2.24) is 19.5 Å². The summed E-state index contributed by atoms with van der Waals surface area (Å²) in [7, 11) is -2.08. The number of fused-ring (bicyclic) bond motifs is 1. The first-order valence-corrected chi connectivity index (χ1v) is 11.1. The molecule has 0 aliphatic carbocycles. The van der Waals surface area contributed by atoms with Gasteiger partial charge < -0.3 is 15.0 Å². The molecule has 4 rings (SSSR count). The number of anilines is 2. The van der Waals surface area contributed by atoms with E-state index in [9.17, 15) is 13.5 Å². The van der Waals surface area contributed by atoms with Crippen LogP contribution in [0.2, 0.25) is 5.02 Å². The van der Waals surface area contributed by atoms with Gasteiger partial charge in [0, 0.05) is 30.3 Å².